The Morgan fingerprint density at radius 1 is 1.29 bits per heavy atom. The minimum atomic E-state index is -0.544. The van der Waals surface area contributed by atoms with E-state index in [4.69, 9.17) is 0 Å². The number of benzene rings is 1. The highest BCUT2D eigenvalue weighted by Crippen LogP contribution is 2.20. The second-order valence-electron chi connectivity index (χ2n) is 3.35. The third-order valence-corrected chi connectivity index (χ3v) is 3.73. The van der Waals surface area contributed by atoms with E-state index in [1.165, 1.54) is 13.2 Å². The zero-order valence-corrected chi connectivity index (χ0v) is 13.0. The van der Waals surface area contributed by atoms with Crippen molar-refractivity contribution in [2.24, 2.45) is 0 Å². The lowest BCUT2D eigenvalue weighted by Gasteiger charge is -2.04. The molecule has 6 heteroatoms. The normalized spacial score (nSPS) is 10.5. The summed E-state index contributed by atoms with van der Waals surface area (Å²) >= 11 is 4.27. The van der Waals surface area contributed by atoms with Crippen molar-refractivity contribution >= 4 is 62.1 Å². The minimum absolute atomic E-state index is 0.169. The van der Waals surface area contributed by atoms with E-state index in [1.807, 2.05) is 12.1 Å². The van der Waals surface area contributed by atoms with Crippen LogP contribution in [0.4, 0.5) is 0 Å². The van der Waals surface area contributed by atoms with Crippen LogP contribution in [0.15, 0.2) is 23.0 Å². The first-order valence-corrected chi connectivity index (χ1v) is 6.79. The van der Waals surface area contributed by atoms with Crippen LogP contribution in [-0.2, 0) is 4.74 Å². The predicted molar refractivity (Wildman–Crippen MR) is 81.3 cm³/mol. The molecular weight excluding hydrogens is 448 g/mol. The zero-order valence-electron chi connectivity index (χ0n) is 8.71. The van der Waals surface area contributed by atoms with Crippen LogP contribution >= 0.6 is 45.2 Å². The SMILES string of the molecule is COC(=O)c1cc(=O)c2c(I)cc(I)cc2[nH]1. The average molecular weight is 455 g/mol. The molecule has 2 aromatic rings. The summed E-state index contributed by atoms with van der Waals surface area (Å²) in [5, 5.41) is 0.596. The van der Waals surface area contributed by atoms with Crippen molar-refractivity contribution < 1.29 is 9.53 Å². The molecule has 0 atom stereocenters. The number of methoxy groups -OCH3 is 1. The van der Waals surface area contributed by atoms with E-state index in [9.17, 15) is 9.59 Å². The summed E-state index contributed by atoms with van der Waals surface area (Å²) in [6.07, 6.45) is 0. The number of aromatic amines is 1. The highest BCUT2D eigenvalue weighted by atomic mass is 127. The van der Waals surface area contributed by atoms with Crippen LogP contribution in [0.25, 0.3) is 10.9 Å². The number of nitrogens with one attached hydrogen (secondary N) is 1. The molecular formula is C11H7I2NO3. The standard InChI is InChI=1S/C11H7I2NO3/c1-17-11(16)8-4-9(15)10-6(13)2-5(12)3-7(10)14-8/h2-4H,1H3,(H,14,15). The molecule has 1 N–H and O–H groups in total. The van der Waals surface area contributed by atoms with E-state index in [-0.39, 0.29) is 11.1 Å². The van der Waals surface area contributed by atoms with E-state index in [2.05, 4.69) is 54.9 Å². The lowest BCUT2D eigenvalue weighted by Crippen LogP contribution is -2.12. The van der Waals surface area contributed by atoms with Gasteiger partial charge in [0.05, 0.1) is 18.0 Å². The molecule has 1 aromatic heterocycles. The molecule has 0 aliphatic carbocycles. The van der Waals surface area contributed by atoms with E-state index >= 15 is 0 Å². The first-order chi connectivity index (χ1) is 8.02. The molecule has 0 saturated carbocycles. The zero-order chi connectivity index (χ0) is 12.6. The number of carbonyl (C=O) groups is 1. The molecule has 0 aliphatic heterocycles. The Balaban J connectivity index is 2.82. The number of ether oxygens (including phenoxy) is 1. The average Bonchev–Trinajstić information content (AvgIpc) is 2.26. The molecule has 0 radical (unpaired) electrons. The maximum absolute atomic E-state index is 11.9. The number of hydrogen-bond acceptors (Lipinski definition) is 3. The van der Waals surface area contributed by atoms with Crippen LogP contribution in [0.2, 0.25) is 0 Å². The lowest BCUT2D eigenvalue weighted by atomic mass is 10.2. The van der Waals surface area contributed by atoms with Crippen molar-refractivity contribution in [3.8, 4) is 0 Å². The molecule has 0 bridgehead atoms. The van der Waals surface area contributed by atoms with E-state index in [1.54, 1.807) is 0 Å². The second kappa shape index (κ2) is 4.92. The Kier molecular flexibility index (Phi) is 3.71. The van der Waals surface area contributed by atoms with Crippen molar-refractivity contribution in [3.63, 3.8) is 0 Å². The Bertz CT molecular complexity index is 664. The summed E-state index contributed by atoms with van der Waals surface area (Å²) in [4.78, 5) is 26.2. The molecule has 0 saturated heterocycles. The molecule has 0 spiro atoms. The van der Waals surface area contributed by atoms with Crippen LogP contribution in [0.1, 0.15) is 10.5 Å². The van der Waals surface area contributed by atoms with Gasteiger partial charge in [-0.25, -0.2) is 4.79 Å². The third-order valence-electron chi connectivity index (χ3n) is 2.25. The van der Waals surface area contributed by atoms with Crippen LogP contribution in [0, 0.1) is 7.14 Å². The van der Waals surface area contributed by atoms with Crippen molar-refractivity contribution in [1.82, 2.24) is 4.98 Å². The first kappa shape index (κ1) is 12.8. The van der Waals surface area contributed by atoms with Gasteiger partial charge in [-0.1, -0.05) is 0 Å². The summed E-state index contributed by atoms with van der Waals surface area (Å²) in [7, 11) is 1.28. The van der Waals surface area contributed by atoms with Gasteiger partial charge in [-0.15, -0.1) is 0 Å². The maximum atomic E-state index is 11.9. The number of halogens is 2. The summed E-state index contributed by atoms with van der Waals surface area (Å²) in [6, 6.07) is 5.01. The molecule has 0 aliphatic rings. The number of H-pyrrole nitrogens is 1. The van der Waals surface area contributed by atoms with Crippen LogP contribution in [-0.4, -0.2) is 18.1 Å². The molecule has 1 heterocycles. The van der Waals surface area contributed by atoms with Gasteiger partial charge in [0.15, 0.2) is 5.43 Å². The quantitative estimate of drug-likeness (QED) is 0.532. The third kappa shape index (κ3) is 2.46. The van der Waals surface area contributed by atoms with E-state index in [0.29, 0.717) is 10.9 Å². The van der Waals surface area contributed by atoms with Gasteiger partial charge >= 0.3 is 5.97 Å². The summed E-state index contributed by atoms with van der Waals surface area (Å²) in [5.41, 5.74) is 0.636. The number of esters is 1. The molecule has 0 fully saturated rings. The first-order valence-electron chi connectivity index (χ1n) is 4.63. The molecule has 2 rings (SSSR count). The monoisotopic (exact) mass is 455 g/mol. The van der Waals surface area contributed by atoms with Crippen molar-refractivity contribution in [3.05, 3.63) is 41.3 Å². The van der Waals surface area contributed by atoms with Gasteiger partial charge in [0.2, 0.25) is 0 Å². The van der Waals surface area contributed by atoms with E-state index < -0.39 is 5.97 Å². The van der Waals surface area contributed by atoms with Crippen LogP contribution in [0.5, 0.6) is 0 Å². The second-order valence-corrected chi connectivity index (χ2v) is 5.76. The number of rotatable bonds is 1. The molecule has 4 nitrogen and oxygen atoms in total. The van der Waals surface area contributed by atoms with Gasteiger partial charge in [-0.2, -0.15) is 0 Å². The Morgan fingerprint density at radius 3 is 2.65 bits per heavy atom. The summed E-state index contributed by atoms with van der Waals surface area (Å²) in [6.45, 7) is 0. The van der Waals surface area contributed by atoms with Gasteiger partial charge in [-0.05, 0) is 57.3 Å². The lowest BCUT2D eigenvalue weighted by molar-refractivity contribution is 0.0594. The fourth-order valence-electron chi connectivity index (χ4n) is 1.53. The van der Waals surface area contributed by atoms with Gasteiger partial charge in [0.1, 0.15) is 5.69 Å². The van der Waals surface area contributed by atoms with Gasteiger partial charge in [0.25, 0.3) is 0 Å². The summed E-state index contributed by atoms with van der Waals surface area (Å²) < 4.78 is 6.45. The summed E-state index contributed by atoms with van der Waals surface area (Å²) in [5.74, 6) is -0.544. The van der Waals surface area contributed by atoms with Gasteiger partial charge in [0, 0.05) is 13.2 Å². The molecule has 88 valence electrons. The van der Waals surface area contributed by atoms with Gasteiger partial charge in [-0.3, -0.25) is 4.79 Å². The fourth-order valence-corrected chi connectivity index (χ4v) is 3.64. The molecule has 0 amide bonds. The number of hydrogen-bond donors (Lipinski definition) is 1. The Hall–Kier alpha value is -0.640. The predicted octanol–water partition coefficient (Wildman–Crippen LogP) is 2.52. The van der Waals surface area contributed by atoms with Crippen molar-refractivity contribution in [2.75, 3.05) is 7.11 Å². The van der Waals surface area contributed by atoms with Crippen LogP contribution in [0.3, 0.4) is 0 Å². The van der Waals surface area contributed by atoms with Crippen LogP contribution < -0.4 is 5.43 Å². The van der Waals surface area contributed by atoms with Crippen molar-refractivity contribution in [2.45, 2.75) is 0 Å². The Labute approximate surface area is 124 Å². The minimum Gasteiger partial charge on any atom is -0.464 e. The number of carbonyl (C=O) groups excluding carboxylic acids is 1. The van der Waals surface area contributed by atoms with Crippen molar-refractivity contribution in [1.29, 1.82) is 0 Å². The smallest absolute Gasteiger partial charge is 0.354 e. The highest BCUT2D eigenvalue weighted by molar-refractivity contribution is 14.1. The number of fused-ring (bicyclic) bond motifs is 1. The van der Waals surface area contributed by atoms with Gasteiger partial charge < -0.3 is 9.72 Å². The molecule has 17 heavy (non-hydrogen) atoms. The largest absolute Gasteiger partial charge is 0.464 e. The number of pyridine rings is 1. The van der Waals surface area contributed by atoms with E-state index in [0.717, 1.165) is 7.14 Å². The Morgan fingerprint density at radius 2 is 2.00 bits per heavy atom. The fraction of sp³-hybridized carbons (Fsp3) is 0.0909. The molecule has 1 aromatic carbocycles. The number of aromatic nitrogens is 1. The topological polar surface area (TPSA) is 59.2 Å². The highest BCUT2D eigenvalue weighted by Gasteiger charge is 2.11. The maximum Gasteiger partial charge on any atom is 0.354 e. The molecule has 0 unspecified atom stereocenters.